The number of ether oxygens (including phenoxy) is 1. The topological polar surface area (TPSA) is 79.0 Å². The van der Waals surface area contributed by atoms with Gasteiger partial charge < -0.3 is 24.9 Å². The minimum atomic E-state index is -1.16. The quantitative estimate of drug-likeness (QED) is 0.499. The van der Waals surface area contributed by atoms with E-state index in [2.05, 4.69) is 15.6 Å². The van der Waals surface area contributed by atoms with E-state index in [1.807, 2.05) is 45.0 Å². The van der Waals surface area contributed by atoms with Crippen LogP contribution in [0, 0.1) is 6.92 Å². The lowest BCUT2D eigenvalue weighted by molar-refractivity contribution is 0.0437. The third kappa shape index (κ3) is 6.11. The normalized spacial score (nSPS) is 15.2. The van der Waals surface area contributed by atoms with E-state index in [0.29, 0.717) is 18.3 Å². The zero-order valence-corrected chi connectivity index (χ0v) is 16.0. The number of nitrogens with one attached hydrogen (secondary N) is 2. The Bertz CT molecular complexity index is 679. The SMILES string of the molecule is CCNC(=NCC(C)(O)c1ccco1)NCC(C)Oc1ccc(C)cc1. The van der Waals surface area contributed by atoms with Crippen molar-refractivity contribution in [1.29, 1.82) is 0 Å². The molecular weight excluding hydrogens is 330 g/mol. The van der Waals surface area contributed by atoms with Crippen LogP contribution in [0.15, 0.2) is 52.1 Å². The van der Waals surface area contributed by atoms with Crippen molar-refractivity contribution in [2.24, 2.45) is 4.99 Å². The van der Waals surface area contributed by atoms with Crippen LogP contribution in [0.2, 0.25) is 0 Å². The van der Waals surface area contributed by atoms with E-state index in [1.165, 1.54) is 5.56 Å². The summed E-state index contributed by atoms with van der Waals surface area (Å²) >= 11 is 0. The average Bonchev–Trinajstić information content (AvgIpc) is 3.15. The predicted molar refractivity (Wildman–Crippen MR) is 104 cm³/mol. The Morgan fingerprint density at radius 2 is 2.00 bits per heavy atom. The van der Waals surface area contributed by atoms with Gasteiger partial charge in [0.2, 0.25) is 0 Å². The number of nitrogens with zero attached hydrogens (tertiary/aromatic N) is 1. The largest absolute Gasteiger partial charge is 0.489 e. The van der Waals surface area contributed by atoms with Gasteiger partial charge in [-0.25, -0.2) is 4.99 Å². The minimum Gasteiger partial charge on any atom is -0.489 e. The van der Waals surface area contributed by atoms with Crippen molar-refractivity contribution in [3.8, 4) is 5.75 Å². The van der Waals surface area contributed by atoms with Gasteiger partial charge >= 0.3 is 0 Å². The van der Waals surface area contributed by atoms with Crippen molar-refractivity contribution in [1.82, 2.24) is 10.6 Å². The number of hydrogen-bond acceptors (Lipinski definition) is 4. The molecule has 1 aromatic carbocycles. The summed E-state index contributed by atoms with van der Waals surface area (Å²) in [7, 11) is 0. The minimum absolute atomic E-state index is 0.0350. The first-order chi connectivity index (χ1) is 12.4. The van der Waals surface area contributed by atoms with Crippen LogP contribution in [-0.4, -0.2) is 36.8 Å². The summed E-state index contributed by atoms with van der Waals surface area (Å²) in [5.41, 5.74) is 0.0453. The summed E-state index contributed by atoms with van der Waals surface area (Å²) in [5.74, 6) is 1.96. The highest BCUT2D eigenvalue weighted by Crippen LogP contribution is 2.21. The van der Waals surface area contributed by atoms with Crippen LogP contribution in [0.1, 0.15) is 32.1 Å². The van der Waals surface area contributed by atoms with Gasteiger partial charge in [0, 0.05) is 6.54 Å². The first-order valence-corrected chi connectivity index (χ1v) is 8.92. The molecule has 3 N–H and O–H groups in total. The van der Waals surface area contributed by atoms with Crippen LogP contribution in [0.3, 0.4) is 0 Å². The lowest BCUT2D eigenvalue weighted by Gasteiger charge is -2.21. The van der Waals surface area contributed by atoms with Crippen molar-refractivity contribution in [3.63, 3.8) is 0 Å². The van der Waals surface area contributed by atoms with E-state index in [9.17, 15) is 5.11 Å². The van der Waals surface area contributed by atoms with Crippen molar-refractivity contribution in [2.75, 3.05) is 19.6 Å². The summed E-state index contributed by atoms with van der Waals surface area (Å²) in [4.78, 5) is 4.46. The summed E-state index contributed by atoms with van der Waals surface area (Å²) in [6.45, 7) is 9.21. The first-order valence-electron chi connectivity index (χ1n) is 8.92. The van der Waals surface area contributed by atoms with Crippen LogP contribution in [0.5, 0.6) is 5.75 Å². The number of aliphatic imine (C=N–C) groups is 1. The molecule has 0 aliphatic carbocycles. The Kier molecular flexibility index (Phi) is 7.09. The van der Waals surface area contributed by atoms with E-state index in [1.54, 1.807) is 25.3 Å². The molecule has 142 valence electrons. The van der Waals surface area contributed by atoms with E-state index in [4.69, 9.17) is 9.15 Å². The molecule has 0 amide bonds. The highest BCUT2D eigenvalue weighted by Gasteiger charge is 2.26. The molecular formula is C20H29N3O3. The number of furan rings is 1. The molecule has 0 spiro atoms. The van der Waals surface area contributed by atoms with Crippen molar-refractivity contribution < 1.29 is 14.3 Å². The van der Waals surface area contributed by atoms with Crippen LogP contribution in [0.4, 0.5) is 0 Å². The Morgan fingerprint density at radius 1 is 1.27 bits per heavy atom. The fourth-order valence-corrected chi connectivity index (χ4v) is 2.37. The number of hydrogen-bond donors (Lipinski definition) is 3. The predicted octanol–water partition coefficient (Wildman–Crippen LogP) is 2.82. The highest BCUT2D eigenvalue weighted by atomic mass is 16.5. The second kappa shape index (κ2) is 9.29. The Balaban J connectivity index is 1.89. The maximum absolute atomic E-state index is 10.5. The maximum atomic E-state index is 10.5. The molecule has 2 atom stereocenters. The summed E-state index contributed by atoms with van der Waals surface area (Å²) < 4.78 is 11.2. The number of benzene rings is 1. The molecule has 6 heteroatoms. The fourth-order valence-electron chi connectivity index (χ4n) is 2.37. The molecule has 0 saturated heterocycles. The second-order valence-corrected chi connectivity index (χ2v) is 6.57. The third-order valence-electron chi connectivity index (χ3n) is 3.86. The number of aryl methyl sites for hydroxylation is 1. The Morgan fingerprint density at radius 3 is 2.62 bits per heavy atom. The van der Waals surface area contributed by atoms with Crippen LogP contribution < -0.4 is 15.4 Å². The zero-order chi connectivity index (χ0) is 19.0. The molecule has 26 heavy (non-hydrogen) atoms. The molecule has 0 fully saturated rings. The molecule has 1 heterocycles. The average molecular weight is 359 g/mol. The molecule has 1 aromatic heterocycles. The third-order valence-corrected chi connectivity index (χ3v) is 3.86. The number of aliphatic hydroxyl groups is 1. The molecule has 0 aliphatic heterocycles. The summed E-state index contributed by atoms with van der Waals surface area (Å²) in [6, 6.07) is 11.5. The first kappa shape index (κ1) is 19.8. The van der Waals surface area contributed by atoms with Gasteiger partial charge in [0.05, 0.1) is 19.4 Å². The highest BCUT2D eigenvalue weighted by molar-refractivity contribution is 5.79. The van der Waals surface area contributed by atoms with Gasteiger partial charge in [-0.2, -0.15) is 0 Å². The van der Waals surface area contributed by atoms with E-state index < -0.39 is 5.60 Å². The van der Waals surface area contributed by atoms with Crippen LogP contribution >= 0.6 is 0 Å². The zero-order valence-electron chi connectivity index (χ0n) is 16.0. The monoisotopic (exact) mass is 359 g/mol. The molecule has 2 unspecified atom stereocenters. The second-order valence-electron chi connectivity index (χ2n) is 6.57. The van der Waals surface area contributed by atoms with Crippen LogP contribution in [-0.2, 0) is 5.60 Å². The Labute approximate surface area is 155 Å². The lowest BCUT2D eigenvalue weighted by Crippen LogP contribution is -2.42. The molecule has 2 aromatic rings. The van der Waals surface area contributed by atoms with Crippen LogP contribution in [0.25, 0.3) is 0 Å². The molecule has 0 bridgehead atoms. The van der Waals surface area contributed by atoms with Gasteiger partial charge in [-0.05, 0) is 52.0 Å². The van der Waals surface area contributed by atoms with Gasteiger partial charge in [-0.3, -0.25) is 0 Å². The van der Waals surface area contributed by atoms with Gasteiger partial charge in [0.25, 0.3) is 0 Å². The van der Waals surface area contributed by atoms with Gasteiger partial charge in [0.1, 0.15) is 23.2 Å². The van der Waals surface area contributed by atoms with Crippen molar-refractivity contribution >= 4 is 5.96 Å². The smallest absolute Gasteiger partial charge is 0.191 e. The molecule has 0 radical (unpaired) electrons. The molecule has 0 saturated carbocycles. The summed E-state index contributed by atoms with van der Waals surface area (Å²) in [5, 5.41) is 16.9. The lowest BCUT2D eigenvalue weighted by atomic mass is 10.0. The van der Waals surface area contributed by atoms with Gasteiger partial charge in [0.15, 0.2) is 5.96 Å². The molecule has 6 nitrogen and oxygen atoms in total. The fraction of sp³-hybridized carbons (Fsp3) is 0.450. The van der Waals surface area contributed by atoms with Crippen molar-refractivity contribution in [3.05, 3.63) is 54.0 Å². The van der Waals surface area contributed by atoms with E-state index >= 15 is 0 Å². The maximum Gasteiger partial charge on any atom is 0.191 e. The molecule has 0 aliphatic rings. The number of rotatable bonds is 8. The number of guanidine groups is 1. The Hall–Kier alpha value is -2.47. The molecule has 2 rings (SSSR count). The summed E-state index contributed by atoms with van der Waals surface area (Å²) in [6.07, 6.45) is 1.51. The van der Waals surface area contributed by atoms with Gasteiger partial charge in [-0.1, -0.05) is 17.7 Å². The standard InChI is InChI=1S/C20H29N3O3/c1-5-21-19(23-14-20(4,24)18-7-6-12-25-18)22-13-16(3)26-17-10-8-15(2)9-11-17/h6-12,16,24H,5,13-14H2,1-4H3,(H2,21,22,23). The van der Waals surface area contributed by atoms with Gasteiger partial charge in [-0.15, -0.1) is 0 Å². The van der Waals surface area contributed by atoms with E-state index in [0.717, 1.165) is 12.3 Å². The van der Waals surface area contributed by atoms with E-state index in [-0.39, 0.29) is 12.6 Å². The van der Waals surface area contributed by atoms with Crippen molar-refractivity contribution in [2.45, 2.75) is 39.4 Å².